The molecule has 158 valence electrons. The number of esters is 1. The predicted octanol–water partition coefficient (Wildman–Crippen LogP) is 0.439. The van der Waals surface area contributed by atoms with E-state index >= 15 is 0 Å². The molecule has 0 aromatic heterocycles. The molecule has 28 heavy (non-hydrogen) atoms. The molecule has 5 atom stereocenters. The smallest absolute Gasteiger partial charge is 0.316 e. The van der Waals surface area contributed by atoms with Gasteiger partial charge in [0.25, 0.3) is 0 Å². The van der Waals surface area contributed by atoms with Crippen LogP contribution in [-0.4, -0.2) is 74.4 Å². The molecular weight excluding hydrogens is 448 g/mol. The zero-order valence-corrected chi connectivity index (χ0v) is 16.2. The normalized spacial score (nSPS) is 27.0. The zero-order valence-electron chi connectivity index (χ0n) is 14.7. The topological polar surface area (TPSA) is 185 Å². The number of carbonyl (C=O) groups is 5. The maximum absolute atomic E-state index is 11.4. The molecule has 0 aromatic carbocycles. The summed E-state index contributed by atoms with van der Waals surface area (Å²) in [4.78, 5) is 56.5. The van der Waals surface area contributed by atoms with Crippen molar-refractivity contribution in [2.75, 3.05) is 11.9 Å². The van der Waals surface area contributed by atoms with Crippen molar-refractivity contribution in [2.45, 2.75) is 37.9 Å². The fourth-order valence-corrected chi connectivity index (χ4v) is 3.68. The molecule has 0 unspecified atom stereocenters. The molecule has 0 bridgehead atoms. The second kappa shape index (κ2) is 11.0. The molecule has 1 aliphatic heterocycles. The number of alkyl halides is 1. The highest BCUT2D eigenvalue weighted by molar-refractivity contribution is 9.09. The van der Waals surface area contributed by atoms with E-state index in [2.05, 4.69) is 15.9 Å². The van der Waals surface area contributed by atoms with Gasteiger partial charge in [-0.3, -0.25) is 24.0 Å². The maximum atomic E-state index is 11.4. The number of halogens is 1. The van der Waals surface area contributed by atoms with Crippen molar-refractivity contribution in [2.24, 2.45) is 17.8 Å². The minimum absolute atomic E-state index is 0.137. The first kappa shape index (κ1) is 23.8. The lowest BCUT2D eigenvalue weighted by Crippen LogP contribution is -2.52. The zero-order chi connectivity index (χ0) is 21.4. The Morgan fingerprint density at radius 1 is 0.714 bits per heavy atom. The summed E-state index contributed by atoms with van der Waals surface area (Å²) in [5.74, 6) is -8.82. The van der Waals surface area contributed by atoms with Crippen LogP contribution < -0.4 is 0 Å². The van der Waals surface area contributed by atoms with E-state index < -0.39 is 92.1 Å². The number of hydrogen-bond acceptors (Lipinski definition) is 7. The van der Waals surface area contributed by atoms with Gasteiger partial charge in [0.1, 0.15) is 11.9 Å². The monoisotopic (exact) mass is 468 g/mol. The highest BCUT2D eigenvalue weighted by Crippen LogP contribution is 2.42. The molecule has 1 heterocycles. The lowest BCUT2D eigenvalue weighted by molar-refractivity contribution is -0.191. The SMILES string of the molecule is O=C(O)C[C@@H]1[C@@H](CC(=O)O)[C@H](CC(=O)O)O[C@H](COC(=O)CBr)[C@@H]1CC(=O)O. The fourth-order valence-electron chi connectivity index (χ4n) is 3.52. The van der Waals surface area contributed by atoms with Gasteiger partial charge in [0.2, 0.25) is 0 Å². The van der Waals surface area contributed by atoms with Gasteiger partial charge in [-0.1, -0.05) is 15.9 Å². The molecule has 11 nitrogen and oxygen atoms in total. The molecule has 1 fully saturated rings. The van der Waals surface area contributed by atoms with Crippen molar-refractivity contribution in [3.63, 3.8) is 0 Å². The van der Waals surface area contributed by atoms with Crippen LogP contribution in [-0.2, 0) is 33.4 Å². The summed E-state index contributed by atoms with van der Waals surface area (Å²) >= 11 is 2.89. The molecule has 1 rings (SSSR count). The van der Waals surface area contributed by atoms with Crippen LogP contribution in [0.5, 0.6) is 0 Å². The Labute approximate surface area is 167 Å². The Morgan fingerprint density at radius 2 is 1.14 bits per heavy atom. The van der Waals surface area contributed by atoms with Crippen LogP contribution in [0.4, 0.5) is 0 Å². The summed E-state index contributed by atoms with van der Waals surface area (Å²) in [7, 11) is 0. The molecule has 0 amide bonds. The summed E-state index contributed by atoms with van der Waals surface area (Å²) in [5.41, 5.74) is 0. The molecule has 1 saturated heterocycles. The first-order valence-corrected chi connectivity index (χ1v) is 9.41. The van der Waals surface area contributed by atoms with E-state index in [4.69, 9.17) is 14.6 Å². The highest BCUT2D eigenvalue weighted by atomic mass is 79.9. The predicted molar refractivity (Wildman–Crippen MR) is 92.9 cm³/mol. The van der Waals surface area contributed by atoms with Crippen LogP contribution in [0.15, 0.2) is 0 Å². The number of carboxylic acids is 4. The van der Waals surface area contributed by atoms with Crippen LogP contribution in [0, 0.1) is 17.8 Å². The third-order valence-electron chi connectivity index (χ3n) is 4.53. The number of ether oxygens (including phenoxy) is 2. The largest absolute Gasteiger partial charge is 0.481 e. The van der Waals surface area contributed by atoms with Crippen LogP contribution in [0.3, 0.4) is 0 Å². The van der Waals surface area contributed by atoms with Crippen molar-refractivity contribution in [3.8, 4) is 0 Å². The Hall–Kier alpha value is -2.21. The summed E-state index contributed by atoms with van der Waals surface area (Å²) in [6.07, 6.45) is -4.56. The van der Waals surface area contributed by atoms with Crippen LogP contribution in [0.2, 0.25) is 0 Å². The van der Waals surface area contributed by atoms with Gasteiger partial charge in [0.15, 0.2) is 0 Å². The quantitative estimate of drug-likeness (QED) is 0.243. The number of carbonyl (C=O) groups excluding carboxylic acids is 1. The van der Waals surface area contributed by atoms with E-state index in [-0.39, 0.29) is 5.33 Å². The summed E-state index contributed by atoms with van der Waals surface area (Å²) in [6, 6.07) is 0. The van der Waals surface area contributed by atoms with E-state index in [0.717, 1.165) is 0 Å². The van der Waals surface area contributed by atoms with Crippen molar-refractivity contribution < 1.29 is 53.9 Å². The minimum Gasteiger partial charge on any atom is -0.481 e. The second-order valence-electron chi connectivity index (χ2n) is 6.41. The second-order valence-corrected chi connectivity index (χ2v) is 6.97. The maximum Gasteiger partial charge on any atom is 0.316 e. The Balaban J connectivity index is 3.27. The number of aliphatic carboxylic acids is 4. The van der Waals surface area contributed by atoms with Gasteiger partial charge >= 0.3 is 29.8 Å². The van der Waals surface area contributed by atoms with E-state index in [0.29, 0.717) is 0 Å². The Kier molecular flexibility index (Phi) is 9.32. The molecule has 0 saturated carbocycles. The van der Waals surface area contributed by atoms with Crippen molar-refractivity contribution in [1.29, 1.82) is 0 Å². The highest BCUT2D eigenvalue weighted by Gasteiger charge is 2.48. The number of hydrogen-bond donors (Lipinski definition) is 4. The molecule has 1 aliphatic rings. The van der Waals surface area contributed by atoms with E-state index in [1.165, 1.54) is 0 Å². The molecule has 0 spiro atoms. The first-order chi connectivity index (χ1) is 13.0. The van der Waals surface area contributed by atoms with Crippen molar-refractivity contribution in [3.05, 3.63) is 0 Å². The average molecular weight is 469 g/mol. The first-order valence-electron chi connectivity index (χ1n) is 8.29. The molecule has 4 N–H and O–H groups in total. The third kappa shape index (κ3) is 7.43. The molecule has 0 aromatic rings. The lowest BCUT2D eigenvalue weighted by Gasteiger charge is -2.46. The van der Waals surface area contributed by atoms with Gasteiger partial charge in [0.05, 0.1) is 31.5 Å². The summed E-state index contributed by atoms with van der Waals surface area (Å²) in [6.45, 7) is -0.408. The molecule has 0 radical (unpaired) electrons. The lowest BCUT2D eigenvalue weighted by atomic mass is 9.69. The Bertz CT molecular complexity index is 620. The fraction of sp³-hybridized carbons (Fsp3) is 0.688. The molecule has 12 heteroatoms. The van der Waals surface area contributed by atoms with E-state index in [1.807, 2.05) is 0 Å². The third-order valence-corrected chi connectivity index (χ3v) is 4.99. The van der Waals surface area contributed by atoms with Gasteiger partial charge < -0.3 is 29.9 Å². The van der Waals surface area contributed by atoms with Crippen molar-refractivity contribution in [1.82, 2.24) is 0 Å². The van der Waals surface area contributed by atoms with Crippen LogP contribution >= 0.6 is 15.9 Å². The van der Waals surface area contributed by atoms with Gasteiger partial charge in [0, 0.05) is 12.3 Å². The van der Waals surface area contributed by atoms with Gasteiger partial charge in [-0.05, 0) is 11.8 Å². The number of rotatable bonds is 11. The number of carboxylic acid groups (broad SMARTS) is 4. The van der Waals surface area contributed by atoms with Crippen molar-refractivity contribution >= 4 is 45.8 Å². The summed E-state index contributed by atoms with van der Waals surface area (Å²) < 4.78 is 10.6. The van der Waals surface area contributed by atoms with Crippen LogP contribution in [0.1, 0.15) is 25.7 Å². The van der Waals surface area contributed by atoms with E-state index in [9.17, 15) is 39.3 Å². The van der Waals surface area contributed by atoms with Gasteiger partial charge in [-0.2, -0.15) is 0 Å². The summed E-state index contributed by atoms with van der Waals surface area (Å²) in [5, 5.41) is 36.6. The standard InChI is InChI=1S/C16H21BrO11/c17-5-16(26)27-6-11-9(3-14(22)23)7(1-12(18)19)8(2-13(20)21)10(28-11)4-15(24)25/h7-11H,1-6H2,(H,18,19)(H,20,21)(H,22,23)(H,24,25)/t7-,8-,9-,10+,11-/m1/s1. The van der Waals surface area contributed by atoms with Crippen LogP contribution in [0.25, 0.3) is 0 Å². The average Bonchev–Trinajstić information content (AvgIpc) is 2.56. The molecule has 0 aliphatic carbocycles. The Morgan fingerprint density at radius 3 is 1.57 bits per heavy atom. The van der Waals surface area contributed by atoms with Gasteiger partial charge in [-0.15, -0.1) is 0 Å². The minimum atomic E-state index is -1.29. The molecular formula is C16H21BrO11. The van der Waals surface area contributed by atoms with E-state index in [1.54, 1.807) is 0 Å². The van der Waals surface area contributed by atoms with Gasteiger partial charge in [-0.25, -0.2) is 0 Å².